The molecule has 64 valence electrons. The molecule has 0 spiro atoms. The zero-order valence-corrected chi connectivity index (χ0v) is 6.91. The highest BCUT2D eigenvalue weighted by atomic mass is 16.5. The van der Waals surface area contributed by atoms with Gasteiger partial charge in [-0.3, -0.25) is 9.80 Å². The monoisotopic (exact) mass is 158 g/mol. The van der Waals surface area contributed by atoms with Crippen LogP contribution in [0.4, 0.5) is 0 Å². The summed E-state index contributed by atoms with van der Waals surface area (Å²) < 4.78 is 5.30. The Kier molecular flexibility index (Phi) is 2.46. The number of nitrogens with zero attached hydrogens (tertiary/aromatic N) is 1. The van der Waals surface area contributed by atoms with Crippen molar-refractivity contribution in [3.05, 3.63) is 0 Å². The summed E-state index contributed by atoms with van der Waals surface area (Å²) in [6.45, 7) is 4.77. The molecule has 2 N–H and O–H groups in total. The van der Waals surface area contributed by atoms with Crippen molar-refractivity contribution in [1.82, 2.24) is 5.01 Å². The molecule has 4 heteroatoms. The molecule has 0 bridgehead atoms. The number of carbonyl (C=O) groups excluding carboxylic acids is 1. The van der Waals surface area contributed by atoms with E-state index >= 15 is 0 Å². The van der Waals surface area contributed by atoms with E-state index in [2.05, 4.69) is 13.8 Å². The molecule has 0 aromatic rings. The highest BCUT2D eigenvalue weighted by Gasteiger charge is 2.34. The number of nitrogens with two attached hydrogens (primary N) is 1. The molecule has 0 saturated carbocycles. The van der Waals surface area contributed by atoms with Crippen LogP contribution in [0, 0.1) is 5.92 Å². The van der Waals surface area contributed by atoms with E-state index in [0.29, 0.717) is 18.9 Å². The number of ether oxygens (including phenoxy) is 1. The van der Waals surface area contributed by atoms with Crippen LogP contribution in [0.5, 0.6) is 0 Å². The van der Waals surface area contributed by atoms with Crippen LogP contribution in [0.1, 0.15) is 20.3 Å². The molecule has 0 radical (unpaired) electrons. The molecule has 0 aromatic heterocycles. The summed E-state index contributed by atoms with van der Waals surface area (Å²) >= 11 is 0. The van der Waals surface area contributed by atoms with Crippen LogP contribution < -0.4 is 5.84 Å². The topological polar surface area (TPSA) is 55.6 Å². The minimum Gasteiger partial charge on any atom is -0.356 e. The van der Waals surface area contributed by atoms with Crippen molar-refractivity contribution in [3.63, 3.8) is 0 Å². The molecule has 1 aliphatic rings. The lowest BCUT2D eigenvalue weighted by molar-refractivity contribution is -0.176. The van der Waals surface area contributed by atoms with Gasteiger partial charge in [0.15, 0.2) is 6.23 Å². The van der Waals surface area contributed by atoms with Crippen LogP contribution in [-0.2, 0) is 9.53 Å². The lowest BCUT2D eigenvalue weighted by Gasteiger charge is -2.36. The van der Waals surface area contributed by atoms with Gasteiger partial charge in [-0.1, -0.05) is 13.8 Å². The third-order valence-corrected chi connectivity index (χ3v) is 1.57. The highest BCUT2D eigenvalue weighted by Crippen LogP contribution is 2.15. The fraction of sp³-hybridized carbons (Fsp3) is 0.857. The second kappa shape index (κ2) is 3.19. The van der Waals surface area contributed by atoms with Gasteiger partial charge in [0.25, 0.3) is 0 Å². The number of rotatable bonds is 3. The van der Waals surface area contributed by atoms with Crippen LogP contribution in [0.15, 0.2) is 0 Å². The molecule has 1 aliphatic heterocycles. The van der Waals surface area contributed by atoms with Crippen LogP contribution in [0.2, 0.25) is 0 Å². The predicted octanol–water partition coefficient (Wildman–Crippen LogP) is 0.0911. The maximum absolute atomic E-state index is 10.6. The van der Waals surface area contributed by atoms with Gasteiger partial charge in [0, 0.05) is 0 Å². The first-order valence-corrected chi connectivity index (χ1v) is 3.79. The average Bonchev–Trinajstić information content (AvgIpc) is 1.96. The Morgan fingerprint density at radius 2 is 2.45 bits per heavy atom. The van der Waals surface area contributed by atoms with Crippen molar-refractivity contribution in [3.8, 4) is 0 Å². The lowest BCUT2D eigenvalue weighted by Crippen LogP contribution is -2.58. The standard InChI is InChI=1S/C7H14N2O2/c1-5(2)4-11-7-3-6(10)9(7)8/h5,7H,3-4,8H2,1-2H3. The van der Waals surface area contributed by atoms with E-state index in [-0.39, 0.29) is 12.1 Å². The number of β-lactam (4-membered cyclic amide) rings is 1. The Morgan fingerprint density at radius 3 is 2.82 bits per heavy atom. The van der Waals surface area contributed by atoms with Crippen molar-refractivity contribution in [1.29, 1.82) is 0 Å². The number of carbonyl (C=O) groups is 1. The van der Waals surface area contributed by atoms with Crippen molar-refractivity contribution in [2.75, 3.05) is 6.61 Å². The largest absolute Gasteiger partial charge is 0.356 e. The number of hydrogen-bond donors (Lipinski definition) is 1. The first-order valence-electron chi connectivity index (χ1n) is 3.79. The third-order valence-electron chi connectivity index (χ3n) is 1.57. The SMILES string of the molecule is CC(C)COC1CC(=O)N1N. The molecule has 1 atom stereocenters. The predicted molar refractivity (Wildman–Crippen MR) is 40.2 cm³/mol. The van der Waals surface area contributed by atoms with Crippen molar-refractivity contribution in [2.24, 2.45) is 11.8 Å². The van der Waals surface area contributed by atoms with Gasteiger partial charge < -0.3 is 4.74 Å². The molecule has 0 aliphatic carbocycles. The van der Waals surface area contributed by atoms with Crippen LogP contribution in [-0.4, -0.2) is 23.8 Å². The van der Waals surface area contributed by atoms with Crippen LogP contribution in [0.3, 0.4) is 0 Å². The Balaban J connectivity index is 2.15. The van der Waals surface area contributed by atoms with E-state index < -0.39 is 0 Å². The highest BCUT2D eigenvalue weighted by molar-refractivity contribution is 5.81. The fourth-order valence-electron chi connectivity index (χ4n) is 0.844. The fourth-order valence-corrected chi connectivity index (χ4v) is 0.844. The van der Waals surface area contributed by atoms with Crippen LogP contribution in [0.25, 0.3) is 0 Å². The van der Waals surface area contributed by atoms with E-state index in [1.807, 2.05) is 0 Å². The van der Waals surface area contributed by atoms with Crippen molar-refractivity contribution >= 4 is 5.91 Å². The van der Waals surface area contributed by atoms with Gasteiger partial charge in [0.1, 0.15) is 0 Å². The minimum absolute atomic E-state index is 0.0428. The van der Waals surface area contributed by atoms with Crippen LogP contribution >= 0.6 is 0 Å². The Morgan fingerprint density at radius 1 is 1.82 bits per heavy atom. The Hall–Kier alpha value is -0.610. The molecule has 1 heterocycles. The second-order valence-electron chi connectivity index (χ2n) is 3.19. The molecule has 1 amide bonds. The van der Waals surface area contributed by atoms with E-state index in [1.165, 1.54) is 0 Å². The summed E-state index contributed by atoms with van der Waals surface area (Å²) in [5, 5.41) is 1.14. The Labute approximate surface area is 66.3 Å². The molecule has 1 saturated heterocycles. The summed E-state index contributed by atoms with van der Waals surface area (Å²) in [4.78, 5) is 10.6. The first kappa shape index (κ1) is 8.49. The van der Waals surface area contributed by atoms with Gasteiger partial charge in [-0.15, -0.1) is 0 Å². The van der Waals surface area contributed by atoms with Gasteiger partial charge in [-0.05, 0) is 5.92 Å². The smallest absolute Gasteiger partial charge is 0.243 e. The van der Waals surface area contributed by atoms with Gasteiger partial charge in [-0.2, -0.15) is 0 Å². The molecule has 1 unspecified atom stereocenters. The van der Waals surface area contributed by atoms with Crippen molar-refractivity contribution < 1.29 is 9.53 Å². The summed E-state index contributed by atoms with van der Waals surface area (Å²) in [5.41, 5.74) is 0. The van der Waals surface area contributed by atoms with E-state index in [4.69, 9.17) is 10.6 Å². The van der Waals surface area contributed by atoms with E-state index in [1.54, 1.807) is 0 Å². The van der Waals surface area contributed by atoms with E-state index in [0.717, 1.165) is 5.01 Å². The zero-order chi connectivity index (χ0) is 8.43. The summed E-state index contributed by atoms with van der Waals surface area (Å²) in [6, 6.07) is 0. The maximum Gasteiger partial charge on any atom is 0.243 e. The van der Waals surface area contributed by atoms with Gasteiger partial charge in [0.05, 0.1) is 13.0 Å². The summed E-state index contributed by atoms with van der Waals surface area (Å²) in [7, 11) is 0. The number of amides is 1. The zero-order valence-electron chi connectivity index (χ0n) is 6.91. The number of hydrogen-bond acceptors (Lipinski definition) is 3. The van der Waals surface area contributed by atoms with E-state index in [9.17, 15) is 4.79 Å². The molecule has 0 aromatic carbocycles. The molecule has 1 rings (SSSR count). The van der Waals surface area contributed by atoms with Gasteiger partial charge >= 0.3 is 0 Å². The molecule has 1 fully saturated rings. The quantitative estimate of drug-likeness (QED) is 0.360. The normalized spacial score (nSPS) is 24.2. The second-order valence-corrected chi connectivity index (χ2v) is 3.19. The molecular weight excluding hydrogens is 144 g/mol. The van der Waals surface area contributed by atoms with Crippen molar-refractivity contribution in [2.45, 2.75) is 26.5 Å². The lowest BCUT2D eigenvalue weighted by atomic mass is 10.2. The Bertz CT molecular complexity index is 159. The number of hydrazine groups is 1. The van der Waals surface area contributed by atoms with Gasteiger partial charge in [-0.25, -0.2) is 5.84 Å². The molecule has 11 heavy (non-hydrogen) atoms. The minimum atomic E-state index is -0.176. The molecular formula is C7H14N2O2. The first-order chi connectivity index (χ1) is 5.11. The molecule has 4 nitrogen and oxygen atoms in total. The third kappa shape index (κ3) is 1.91. The maximum atomic E-state index is 10.6. The summed E-state index contributed by atoms with van der Waals surface area (Å²) in [6.07, 6.45) is 0.258. The van der Waals surface area contributed by atoms with Gasteiger partial charge in [0.2, 0.25) is 5.91 Å². The average molecular weight is 158 g/mol. The summed E-state index contributed by atoms with van der Waals surface area (Å²) in [5.74, 6) is 5.75.